The Kier molecular flexibility index (Phi) is 7.62. The fourth-order valence-electron chi connectivity index (χ4n) is 3.86. The third kappa shape index (κ3) is 5.81. The molecule has 1 atom stereocenters. The van der Waals surface area contributed by atoms with Crippen molar-refractivity contribution in [1.82, 2.24) is 25.1 Å². The Labute approximate surface area is 182 Å². The van der Waals surface area contributed by atoms with Crippen LogP contribution in [0.25, 0.3) is 10.9 Å². The lowest BCUT2D eigenvalue weighted by molar-refractivity contribution is -0.134. The number of carbonyl (C=O) groups excluding carboxylic acids is 3. The summed E-state index contributed by atoms with van der Waals surface area (Å²) in [6, 6.07) is 3.27. The van der Waals surface area contributed by atoms with Crippen LogP contribution in [0.1, 0.15) is 26.7 Å². The van der Waals surface area contributed by atoms with Gasteiger partial charge in [0.25, 0.3) is 0 Å². The van der Waals surface area contributed by atoms with Crippen LogP contribution in [0.3, 0.4) is 0 Å². The molecule has 9 nitrogen and oxygen atoms in total. The molecule has 2 aromatic heterocycles. The van der Waals surface area contributed by atoms with E-state index in [1.165, 1.54) is 7.11 Å². The van der Waals surface area contributed by atoms with Crippen LogP contribution in [0, 0.1) is 5.92 Å². The van der Waals surface area contributed by atoms with E-state index in [1.54, 1.807) is 12.4 Å². The van der Waals surface area contributed by atoms with Crippen LogP contribution in [0.2, 0.25) is 0 Å². The summed E-state index contributed by atoms with van der Waals surface area (Å²) >= 11 is 0. The highest BCUT2D eigenvalue weighted by Gasteiger charge is 2.29. The molecule has 168 valence electrons. The number of carbonyl (C=O) groups is 3. The van der Waals surface area contributed by atoms with Crippen molar-refractivity contribution in [3.63, 3.8) is 0 Å². The molecule has 0 aliphatic carbocycles. The van der Waals surface area contributed by atoms with Crippen LogP contribution in [-0.4, -0.2) is 71.1 Å². The van der Waals surface area contributed by atoms with E-state index in [9.17, 15) is 14.4 Å². The van der Waals surface area contributed by atoms with E-state index in [0.717, 1.165) is 10.9 Å². The first-order chi connectivity index (χ1) is 14.9. The molecule has 1 aliphatic heterocycles. The van der Waals surface area contributed by atoms with Crippen molar-refractivity contribution in [3.05, 3.63) is 30.7 Å². The first kappa shape index (κ1) is 22.7. The minimum atomic E-state index is -0.613. The first-order valence-electron chi connectivity index (χ1n) is 10.6. The van der Waals surface area contributed by atoms with Crippen LogP contribution < -0.4 is 10.6 Å². The number of piperidine rings is 1. The van der Waals surface area contributed by atoms with Crippen molar-refractivity contribution < 1.29 is 19.1 Å². The zero-order chi connectivity index (χ0) is 22.4. The van der Waals surface area contributed by atoms with E-state index in [0.29, 0.717) is 25.9 Å². The number of amides is 3. The summed E-state index contributed by atoms with van der Waals surface area (Å²) in [7, 11) is 1.44. The molecule has 3 heterocycles. The van der Waals surface area contributed by atoms with E-state index >= 15 is 0 Å². The third-order valence-electron chi connectivity index (χ3n) is 5.62. The number of nitrogens with zero attached hydrogens (tertiary/aromatic N) is 3. The average molecular weight is 430 g/mol. The number of pyridine rings is 1. The molecule has 3 amide bonds. The molecule has 0 spiro atoms. The lowest BCUT2D eigenvalue weighted by atomic mass is 10.0. The summed E-state index contributed by atoms with van der Waals surface area (Å²) in [5.41, 5.74) is 0.938. The summed E-state index contributed by atoms with van der Waals surface area (Å²) in [6.45, 7) is 5.14. The predicted octanol–water partition coefficient (Wildman–Crippen LogP) is 0.931. The fraction of sp³-hybridized carbons (Fsp3) is 0.545. The Bertz CT molecular complexity index is 918. The maximum Gasteiger partial charge on any atom is 0.246 e. The second kappa shape index (κ2) is 10.4. The highest BCUT2D eigenvalue weighted by atomic mass is 16.5. The van der Waals surface area contributed by atoms with Gasteiger partial charge in [0.05, 0.1) is 11.7 Å². The van der Waals surface area contributed by atoms with Gasteiger partial charge >= 0.3 is 0 Å². The van der Waals surface area contributed by atoms with Gasteiger partial charge in [-0.2, -0.15) is 0 Å². The Balaban J connectivity index is 1.49. The number of methoxy groups -OCH3 is 1. The summed E-state index contributed by atoms with van der Waals surface area (Å²) in [4.78, 5) is 43.2. The van der Waals surface area contributed by atoms with Gasteiger partial charge in [-0.25, -0.2) is 0 Å². The van der Waals surface area contributed by atoms with Gasteiger partial charge in [0.1, 0.15) is 19.2 Å². The zero-order valence-electron chi connectivity index (χ0n) is 18.3. The standard InChI is InChI=1S/C22H31N5O4/c1-15(2)21(25-19(28)14-31-3)22(30)24-17-6-10-26(11-7-17)20(29)13-27-9-5-16-4-8-23-12-18(16)27/h4-5,8-9,12,15,17,21H,6-7,10-11,13-14H2,1-3H3,(H,24,30)(H,25,28)/t21-/m1/s1. The molecule has 3 rings (SSSR count). The largest absolute Gasteiger partial charge is 0.375 e. The lowest BCUT2D eigenvalue weighted by Gasteiger charge is -2.33. The molecule has 9 heteroatoms. The van der Waals surface area contributed by atoms with Crippen molar-refractivity contribution in [1.29, 1.82) is 0 Å². The number of hydrogen-bond donors (Lipinski definition) is 2. The number of fused-ring (bicyclic) bond motifs is 1. The van der Waals surface area contributed by atoms with Gasteiger partial charge in [0.15, 0.2) is 0 Å². The van der Waals surface area contributed by atoms with Gasteiger partial charge in [-0.15, -0.1) is 0 Å². The minimum Gasteiger partial charge on any atom is -0.375 e. The van der Waals surface area contributed by atoms with Crippen LogP contribution in [0.4, 0.5) is 0 Å². The quantitative estimate of drug-likeness (QED) is 0.650. The van der Waals surface area contributed by atoms with E-state index in [1.807, 2.05) is 41.6 Å². The number of rotatable bonds is 8. The Morgan fingerprint density at radius 1 is 1.23 bits per heavy atom. The van der Waals surface area contributed by atoms with E-state index < -0.39 is 6.04 Å². The van der Waals surface area contributed by atoms with Gasteiger partial charge in [-0.3, -0.25) is 19.4 Å². The van der Waals surface area contributed by atoms with E-state index in [-0.39, 0.29) is 42.8 Å². The molecule has 31 heavy (non-hydrogen) atoms. The fourth-order valence-corrected chi connectivity index (χ4v) is 3.86. The summed E-state index contributed by atoms with van der Waals surface area (Å²) in [5, 5.41) is 6.81. The van der Waals surface area contributed by atoms with Crippen LogP contribution >= 0.6 is 0 Å². The molecule has 0 unspecified atom stereocenters. The maximum absolute atomic E-state index is 12.8. The van der Waals surface area contributed by atoms with Crippen molar-refractivity contribution in [2.24, 2.45) is 5.92 Å². The van der Waals surface area contributed by atoms with Crippen molar-refractivity contribution >= 4 is 28.6 Å². The Morgan fingerprint density at radius 3 is 2.65 bits per heavy atom. The SMILES string of the molecule is COCC(=O)N[C@@H](C(=O)NC1CCN(C(=O)Cn2ccc3ccncc32)CC1)C(C)C. The van der Waals surface area contributed by atoms with Gasteiger partial charge in [0, 0.05) is 44.0 Å². The van der Waals surface area contributed by atoms with Gasteiger partial charge in [0.2, 0.25) is 17.7 Å². The first-order valence-corrected chi connectivity index (χ1v) is 10.6. The topological polar surface area (TPSA) is 106 Å². The molecule has 1 saturated heterocycles. The van der Waals surface area contributed by atoms with Gasteiger partial charge < -0.3 is 24.8 Å². The molecule has 2 aromatic rings. The molecule has 0 aromatic carbocycles. The molecule has 1 fully saturated rings. The maximum atomic E-state index is 12.8. The number of nitrogens with one attached hydrogen (secondary N) is 2. The summed E-state index contributed by atoms with van der Waals surface area (Å²) in [5.74, 6) is -0.508. The van der Waals surface area contributed by atoms with Gasteiger partial charge in [-0.05, 0) is 30.9 Å². The molecule has 1 aliphatic rings. The number of aromatic nitrogens is 2. The van der Waals surface area contributed by atoms with Crippen LogP contribution in [0.5, 0.6) is 0 Å². The smallest absolute Gasteiger partial charge is 0.246 e. The number of hydrogen-bond acceptors (Lipinski definition) is 5. The molecule has 0 saturated carbocycles. The minimum absolute atomic E-state index is 0.0197. The average Bonchev–Trinajstić information content (AvgIpc) is 3.15. The Morgan fingerprint density at radius 2 is 1.97 bits per heavy atom. The third-order valence-corrected chi connectivity index (χ3v) is 5.62. The summed E-state index contributed by atoms with van der Waals surface area (Å²) in [6.07, 6.45) is 6.77. The second-order valence-electron chi connectivity index (χ2n) is 8.26. The molecule has 0 bridgehead atoms. The second-order valence-corrected chi connectivity index (χ2v) is 8.26. The highest BCUT2D eigenvalue weighted by Crippen LogP contribution is 2.16. The van der Waals surface area contributed by atoms with Crippen molar-refractivity contribution in [2.75, 3.05) is 26.8 Å². The van der Waals surface area contributed by atoms with Gasteiger partial charge in [-0.1, -0.05) is 13.8 Å². The predicted molar refractivity (Wildman–Crippen MR) is 116 cm³/mol. The molecule has 0 radical (unpaired) electrons. The molecular weight excluding hydrogens is 398 g/mol. The van der Waals surface area contributed by atoms with Crippen LogP contribution in [-0.2, 0) is 25.7 Å². The van der Waals surface area contributed by atoms with Crippen molar-refractivity contribution in [2.45, 2.75) is 45.3 Å². The van der Waals surface area contributed by atoms with Crippen molar-refractivity contribution in [3.8, 4) is 0 Å². The lowest BCUT2D eigenvalue weighted by Crippen LogP contribution is -2.55. The normalized spacial score (nSPS) is 15.8. The van der Waals surface area contributed by atoms with E-state index in [2.05, 4.69) is 15.6 Å². The number of ether oxygens (including phenoxy) is 1. The molecule has 2 N–H and O–H groups in total. The highest BCUT2D eigenvalue weighted by molar-refractivity contribution is 5.88. The summed E-state index contributed by atoms with van der Waals surface area (Å²) < 4.78 is 6.73. The number of likely N-dealkylation sites (tertiary alicyclic amines) is 1. The zero-order valence-corrected chi connectivity index (χ0v) is 18.3. The molecular formula is C22H31N5O4. The van der Waals surface area contributed by atoms with E-state index in [4.69, 9.17) is 4.74 Å². The Hall–Kier alpha value is -2.94. The monoisotopic (exact) mass is 429 g/mol. The van der Waals surface area contributed by atoms with Crippen LogP contribution in [0.15, 0.2) is 30.7 Å².